The highest BCUT2D eigenvalue weighted by Crippen LogP contribution is 2.41. The molecule has 11 rings (SSSR count). The average molecular weight is 645 g/mol. The second-order valence-electron chi connectivity index (χ2n) is 12.2. The molecule has 0 spiro atoms. The molecule has 0 radical (unpaired) electrons. The van der Waals surface area contributed by atoms with E-state index in [1.807, 2.05) is 36.8 Å². The molecule has 0 aliphatic heterocycles. The summed E-state index contributed by atoms with van der Waals surface area (Å²) in [4.78, 5) is 28.8. The van der Waals surface area contributed by atoms with Crippen LogP contribution in [0.2, 0.25) is 0 Å². The number of para-hydroxylation sites is 4. The minimum Gasteiger partial charge on any atom is -0.295 e. The van der Waals surface area contributed by atoms with Crippen LogP contribution < -0.4 is 0 Å². The number of benzene rings is 4. The Morgan fingerprint density at radius 2 is 0.920 bits per heavy atom. The van der Waals surface area contributed by atoms with Crippen molar-refractivity contribution in [1.82, 2.24) is 48.2 Å². The molecular formula is C40H24N10. The predicted octanol–water partition coefficient (Wildman–Crippen LogP) is 8.14. The fraction of sp³-hybridized carbons (Fsp3) is 0. The van der Waals surface area contributed by atoms with Crippen LogP contribution in [0.15, 0.2) is 147 Å². The summed E-state index contributed by atoms with van der Waals surface area (Å²) in [5, 5.41) is 4.24. The predicted molar refractivity (Wildman–Crippen MR) is 196 cm³/mol. The number of nitrogens with zero attached hydrogens (tertiary/aromatic N) is 10. The van der Waals surface area contributed by atoms with Crippen LogP contribution in [0.1, 0.15) is 0 Å². The van der Waals surface area contributed by atoms with Gasteiger partial charge in [-0.2, -0.15) is 4.98 Å². The van der Waals surface area contributed by atoms with Gasteiger partial charge >= 0.3 is 0 Å². The Morgan fingerprint density at radius 3 is 1.50 bits per heavy atom. The van der Waals surface area contributed by atoms with Crippen molar-refractivity contribution in [3.05, 3.63) is 147 Å². The fourth-order valence-electron chi connectivity index (χ4n) is 7.61. The van der Waals surface area contributed by atoms with Crippen LogP contribution in [0.3, 0.4) is 0 Å². The first kappa shape index (κ1) is 26.8. The molecule has 50 heavy (non-hydrogen) atoms. The molecule has 0 bridgehead atoms. The molecule has 0 aliphatic rings. The van der Waals surface area contributed by atoms with Crippen molar-refractivity contribution >= 4 is 65.9 Å². The minimum absolute atomic E-state index is 0.492. The fourth-order valence-corrected chi connectivity index (χ4v) is 7.61. The topological polar surface area (TPSA) is 97.1 Å². The first-order valence-electron chi connectivity index (χ1n) is 16.3. The van der Waals surface area contributed by atoms with Gasteiger partial charge in [-0.15, -0.1) is 0 Å². The zero-order valence-electron chi connectivity index (χ0n) is 26.3. The van der Waals surface area contributed by atoms with Gasteiger partial charge in [-0.05, 0) is 42.5 Å². The van der Waals surface area contributed by atoms with E-state index in [0.717, 1.165) is 77.3 Å². The zero-order chi connectivity index (χ0) is 32.8. The minimum atomic E-state index is 0.492. The van der Waals surface area contributed by atoms with Crippen LogP contribution in [-0.2, 0) is 0 Å². The molecule has 0 saturated carbocycles. The SMILES string of the molecule is c1ccc(-n2c3ccccc3c3c4ncncc4n(-c4ccnc(-n5c6cncnc6c6c7ccccc7n(-c7ccccc7)c65)n4)c32)cc1. The lowest BCUT2D eigenvalue weighted by atomic mass is 10.2. The average Bonchev–Trinajstić information content (AvgIpc) is 3.90. The van der Waals surface area contributed by atoms with Gasteiger partial charge in [0.1, 0.15) is 40.8 Å². The Balaban J connectivity index is 1.27. The van der Waals surface area contributed by atoms with E-state index in [2.05, 4.69) is 125 Å². The Bertz CT molecular complexity index is 2890. The van der Waals surface area contributed by atoms with Crippen molar-refractivity contribution in [2.24, 2.45) is 0 Å². The second-order valence-corrected chi connectivity index (χ2v) is 12.2. The van der Waals surface area contributed by atoms with Crippen LogP contribution in [0.5, 0.6) is 0 Å². The highest BCUT2D eigenvalue weighted by atomic mass is 15.3. The van der Waals surface area contributed by atoms with Crippen molar-refractivity contribution in [2.45, 2.75) is 0 Å². The van der Waals surface area contributed by atoms with Crippen LogP contribution in [0.25, 0.3) is 89.1 Å². The molecule has 10 heteroatoms. The molecule has 4 aromatic carbocycles. The summed E-state index contributed by atoms with van der Waals surface area (Å²) in [6.45, 7) is 0. The Hall–Kier alpha value is -7.20. The largest absolute Gasteiger partial charge is 0.295 e. The summed E-state index contributed by atoms with van der Waals surface area (Å²) in [5.41, 5.74) is 9.41. The summed E-state index contributed by atoms with van der Waals surface area (Å²) < 4.78 is 8.76. The molecule has 7 heterocycles. The van der Waals surface area contributed by atoms with Crippen LogP contribution in [0.4, 0.5) is 0 Å². The summed E-state index contributed by atoms with van der Waals surface area (Å²) in [6.07, 6.45) is 8.72. The van der Waals surface area contributed by atoms with Gasteiger partial charge in [-0.25, -0.2) is 24.9 Å². The van der Waals surface area contributed by atoms with Gasteiger partial charge in [-0.1, -0.05) is 72.8 Å². The van der Waals surface area contributed by atoms with Gasteiger partial charge < -0.3 is 0 Å². The molecule has 0 aliphatic carbocycles. The maximum atomic E-state index is 5.35. The lowest BCUT2D eigenvalue weighted by Gasteiger charge is -2.14. The smallest absolute Gasteiger partial charge is 0.237 e. The normalized spacial score (nSPS) is 12.0. The second kappa shape index (κ2) is 10.1. The van der Waals surface area contributed by atoms with Crippen LogP contribution >= 0.6 is 0 Å². The summed E-state index contributed by atoms with van der Waals surface area (Å²) in [7, 11) is 0. The van der Waals surface area contributed by atoms with Crippen molar-refractivity contribution in [3.63, 3.8) is 0 Å². The van der Waals surface area contributed by atoms with E-state index < -0.39 is 0 Å². The van der Waals surface area contributed by atoms with E-state index in [-0.39, 0.29) is 0 Å². The van der Waals surface area contributed by atoms with Gasteiger partial charge in [0.05, 0.1) is 45.2 Å². The highest BCUT2D eigenvalue weighted by Gasteiger charge is 2.26. The quantitative estimate of drug-likeness (QED) is 0.192. The lowest BCUT2D eigenvalue weighted by molar-refractivity contribution is 0.918. The Morgan fingerprint density at radius 1 is 0.420 bits per heavy atom. The molecule has 0 N–H and O–H groups in total. The van der Waals surface area contributed by atoms with Crippen molar-refractivity contribution < 1.29 is 0 Å². The third-order valence-corrected chi connectivity index (χ3v) is 9.55. The molecule has 10 nitrogen and oxygen atoms in total. The standard InChI is InChI=1S/C40H24N10/c1-3-11-25(12-4-1)47-29-17-9-7-15-27(29)34-36-31(21-41-23-44-36)49(38(34)47)33-19-20-43-40(46-33)50-32-22-42-24-45-37(32)35-28-16-8-10-18-30(28)48(39(35)50)26-13-5-2-6-14-26/h1-24H. The number of rotatable bonds is 4. The molecule has 7 aromatic heterocycles. The van der Waals surface area contributed by atoms with Gasteiger partial charge in [-0.3, -0.25) is 18.3 Å². The van der Waals surface area contributed by atoms with Crippen LogP contribution in [-0.4, -0.2) is 48.2 Å². The molecule has 234 valence electrons. The van der Waals surface area contributed by atoms with E-state index in [4.69, 9.17) is 19.9 Å². The van der Waals surface area contributed by atoms with Crippen molar-refractivity contribution in [3.8, 4) is 23.1 Å². The maximum absolute atomic E-state index is 5.35. The molecule has 0 unspecified atom stereocenters. The molecular weight excluding hydrogens is 621 g/mol. The molecule has 11 aromatic rings. The maximum Gasteiger partial charge on any atom is 0.237 e. The molecule has 0 atom stereocenters. The number of hydrogen-bond donors (Lipinski definition) is 0. The van der Waals surface area contributed by atoms with Crippen LogP contribution in [0, 0.1) is 0 Å². The van der Waals surface area contributed by atoms with Gasteiger partial charge in [0.15, 0.2) is 0 Å². The number of aromatic nitrogens is 10. The lowest BCUT2D eigenvalue weighted by Crippen LogP contribution is -2.09. The molecule has 0 fully saturated rings. The van der Waals surface area contributed by atoms with E-state index in [0.29, 0.717) is 11.8 Å². The molecule has 0 amide bonds. The first-order chi connectivity index (χ1) is 24.9. The Labute approximate surface area is 283 Å². The number of hydrogen-bond acceptors (Lipinski definition) is 6. The number of fused-ring (bicyclic) bond motifs is 10. The molecule has 0 saturated heterocycles. The summed E-state index contributed by atoms with van der Waals surface area (Å²) in [6, 6.07) is 39.5. The zero-order valence-corrected chi connectivity index (χ0v) is 26.3. The van der Waals surface area contributed by atoms with E-state index in [9.17, 15) is 0 Å². The van der Waals surface area contributed by atoms with E-state index >= 15 is 0 Å². The van der Waals surface area contributed by atoms with Gasteiger partial charge in [0.2, 0.25) is 5.95 Å². The van der Waals surface area contributed by atoms with Gasteiger partial charge in [0, 0.05) is 28.3 Å². The van der Waals surface area contributed by atoms with E-state index in [1.165, 1.54) is 0 Å². The van der Waals surface area contributed by atoms with Gasteiger partial charge in [0.25, 0.3) is 0 Å². The monoisotopic (exact) mass is 644 g/mol. The third-order valence-electron chi connectivity index (χ3n) is 9.55. The van der Waals surface area contributed by atoms with Crippen molar-refractivity contribution in [2.75, 3.05) is 0 Å². The first-order valence-corrected chi connectivity index (χ1v) is 16.3. The summed E-state index contributed by atoms with van der Waals surface area (Å²) >= 11 is 0. The van der Waals surface area contributed by atoms with Crippen molar-refractivity contribution in [1.29, 1.82) is 0 Å². The summed E-state index contributed by atoms with van der Waals surface area (Å²) in [5.74, 6) is 1.17. The highest BCUT2D eigenvalue weighted by molar-refractivity contribution is 6.22. The van der Waals surface area contributed by atoms with E-state index in [1.54, 1.807) is 12.7 Å². The Kier molecular flexibility index (Phi) is 5.44. The third kappa shape index (κ3) is 3.56.